The number of aromatic nitrogens is 1. The topological polar surface area (TPSA) is 37.7 Å². The van der Waals surface area contributed by atoms with E-state index in [0.29, 0.717) is 0 Å². The summed E-state index contributed by atoms with van der Waals surface area (Å²) in [7, 11) is 0. The molecule has 0 radical (unpaired) electrons. The van der Waals surface area contributed by atoms with Crippen LogP contribution >= 0.6 is 11.3 Å². The van der Waals surface area contributed by atoms with Crippen molar-refractivity contribution in [3.05, 3.63) is 46.3 Å². The van der Waals surface area contributed by atoms with E-state index in [1.165, 1.54) is 4.88 Å². The molecule has 1 fully saturated rings. The van der Waals surface area contributed by atoms with E-state index in [-0.39, 0.29) is 5.91 Å². The summed E-state index contributed by atoms with van der Waals surface area (Å²) >= 11 is 1.63. The Kier molecular flexibility index (Phi) is 3.69. The Labute approximate surface area is 122 Å². The molecule has 4 nitrogen and oxygen atoms in total. The van der Waals surface area contributed by atoms with Gasteiger partial charge >= 0.3 is 0 Å². The molecule has 2 aromatic rings. The Morgan fingerprint density at radius 3 is 2.65 bits per heavy atom. The third-order valence-electron chi connectivity index (χ3n) is 3.58. The van der Waals surface area contributed by atoms with Gasteiger partial charge < -0.3 is 4.90 Å². The molecule has 20 heavy (non-hydrogen) atoms. The molecule has 3 heterocycles. The molecule has 0 saturated carbocycles. The number of carbonyl (C=O) groups is 1. The number of piperazine rings is 1. The predicted molar refractivity (Wildman–Crippen MR) is 80.2 cm³/mol. The van der Waals surface area contributed by atoms with E-state index in [2.05, 4.69) is 16.0 Å². The largest absolute Gasteiger partial charge is 0.331 e. The van der Waals surface area contributed by atoms with Gasteiger partial charge in [0.25, 0.3) is 11.7 Å². The van der Waals surface area contributed by atoms with Gasteiger partial charge in [-0.1, -0.05) is 6.07 Å². The number of pyridine rings is 1. The van der Waals surface area contributed by atoms with Crippen LogP contribution in [0.5, 0.6) is 0 Å². The van der Waals surface area contributed by atoms with Crippen LogP contribution in [-0.4, -0.2) is 37.0 Å². The summed E-state index contributed by atoms with van der Waals surface area (Å²) in [5.74, 6) is 1.28. The highest BCUT2D eigenvalue weighted by atomic mass is 32.1. The van der Waals surface area contributed by atoms with Crippen LogP contribution < -0.4 is 9.88 Å². The number of hydrogen-bond donors (Lipinski definition) is 0. The van der Waals surface area contributed by atoms with Crippen molar-refractivity contribution in [2.45, 2.75) is 6.92 Å². The average Bonchev–Trinajstić information content (AvgIpc) is 2.94. The van der Waals surface area contributed by atoms with Gasteiger partial charge in [0.15, 0.2) is 0 Å². The molecule has 0 unspecified atom stereocenters. The molecular weight excluding hydrogens is 270 g/mol. The lowest BCUT2D eigenvalue weighted by atomic mass is 10.2. The molecule has 3 rings (SSSR count). The molecule has 0 aromatic carbocycles. The summed E-state index contributed by atoms with van der Waals surface area (Å²) in [6.07, 6.45) is 1.93. The average molecular weight is 288 g/mol. The molecule has 1 aliphatic rings. The van der Waals surface area contributed by atoms with E-state index >= 15 is 0 Å². The van der Waals surface area contributed by atoms with E-state index in [1.807, 2.05) is 41.6 Å². The van der Waals surface area contributed by atoms with Crippen molar-refractivity contribution in [1.29, 1.82) is 0 Å². The zero-order chi connectivity index (χ0) is 13.9. The first-order valence-corrected chi connectivity index (χ1v) is 7.68. The van der Waals surface area contributed by atoms with Crippen LogP contribution in [0, 0.1) is 6.92 Å². The number of thiophene rings is 1. The van der Waals surface area contributed by atoms with E-state index in [9.17, 15) is 4.79 Å². The van der Waals surface area contributed by atoms with Gasteiger partial charge in [-0.3, -0.25) is 9.69 Å². The summed E-state index contributed by atoms with van der Waals surface area (Å²) in [4.78, 5) is 21.0. The maximum Gasteiger partial charge on any atom is 0.274 e. The number of anilines is 1. The van der Waals surface area contributed by atoms with Crippen LogP contribution in [0.4, 0.5) is 5.82 Å². The van der Waals surface area contributed by atoms with Crippen molar-refractivity contribution in [1.82, 2.24) is 4.90 Å². The van der Waals surface area contributed by atoms with Crippen LogP contribution in [0.3, 0.4) is 0 Å². The van der Waals surface area contributed by atoms with Gasteiger partial charge in [0.05, 0.1) is 24.8 Å². The van der Waals surface area contributed by atoms with E-state index in [4.69, 9.17) is 0 Å². The number of hydrogen-bond acceptors (Lipinski definition) is 3. The second kappa shape index (κ2) is 5.63. The van der Waals surface area contributed by atoms with Gasteiger partial charge in [0.1, 0.15) is 13.1 Å². The molecular formula is C15H18N3OS+. The van der Waals surface area contributed by atoms with Gasteiger partial charge in [0, 0.05) is 16.3 Å². The van der Waals surface area contributed by atoms with Gasteiger partial charge in [0.2, 0.25) is 0 Å². The third-order valence-corrected chi connectivity index (χ3v) is 4.44. The Morgan fingerprint density at radius 2 is 2.05 bits per heavy atom. The fourth-order valence-corrected chi connectivity index (χ4v) is 3.15. The Morgan fingerprint density at radius 1 is 1.25 bits per heavy atom. The van der Waals surface area contributed by atoms with Crippen molar-refractivity contribution >= 4 is 23.1 Å². The lowest BCUT2D eigenvalue weighted by Gasteiger charge is -2.30. The minimum absolute atomic E-state index is 0.158. The van der Waals surface area contributed by atoms with Crippen LogP contribution in [-0.2, 0) is 0 Å². The van der Waals surface area contributed by atoms with Crippen LogP contribution in [0.25, 0.3) is 0 Å². The van der Waals surface area contributed by atoms with Gasteiger partial charge in [-0.2, -0.15) is 0 Å². The molecule has 104 valence electrons. The first-order chi connectivity index (χ1) is 9.74. The standard InChI is InChI=1S/C15H17N3OS/c1-12-10-13(11-20-12)15(19)18-8-6-17(7-9-18)14-4-2-3-5-16-14/h2-5,10-11H,6-9H2,1H3/p+1. The highest BCUT2D eigenvalue weighted by Crippen LogP contribution is 2.17. The van der Waals surface area contributed by atoms with Gasteiger partial charge in [-0.15, -0.1) is 11.3 Å². The number of nitrogens with zero attached hydrogens (tertiary/aromatic N) is 2. The second-order valence-corrected chi connectivity index (χ2v) is 6.09. The molecule has 1 aliphatic heterocycles. The van der Waals surface area contributed by atoms with E-state index in [0.717, 1.165) is 37.6 Å². The number of H-pyrrole nitrogens is 1. The smallest absolute Gasteiger partial charge is 0.274 e. The highest BCUT2D eigenvalue weighted by Gasteiger charge is 2.26. The number of aromatic amines is 1. The highest BCUT2D eigenvalue weighted by molar-refractivity contribution is 7.10. The van der Waals surface area contributed by atoms with Crippen molar-refractivity contribution in [2.75, 3.05) is 31.1 Å². The number of carbonyl (C=O) groups excluding carboxylic acids is 1. The maximum atomic E-state index is 12.4. The lowest BCUT2D eigenvalue weighted by Crippen LogP contribution is -2.49. The summed E-state index contributed by atoms with van der Waals surface area (Å²) in [5, 5.41) is 1.95. The molecule has 1 saturated heterocycles. The lowest BCUT2D eigenvalue weighted by molar-refractivity contribution is -0.364. The zero-order valence-electron chi connectivity index (χ0n) is 11.5. The Hall–Kier alpha value is -1.88. The number of amides is 1. The quantitative estimate of drug-likeness (QED) is 0.845. The fraction of sp³-hybridized carbons (Fsp3) is 0.333. The molecule has 5 heteroatoms. The molecule has 2 aromatic heterocycles. The summed E-state index contributed by atoms with van der Waals surface area (Å²) in [5.41, 5.74) is 0.826. The van der Waals surface area contributed by atoms with E-state index in [1.54, 1.807) is 11.3 Å². The van der Waals surface area contributed by atoms with Crippen molar-refractivity contribution in [3.8, 4) is 0 Å². The molecule has 1 amide bonds. The van der Waals surface area contributed by atoms with Crippen molar-refractivity contribution in [2.24, 2.45) is 0 Å². The van der Waals surface area contributed by atoms with Crippen LogP contribution in [0.1, 0.15) is 15.2 Å². The first-order valence-electron chi connectivity index (χ1n) is 6.80. The normalized spacial score (nSPS) is 15.4. The summed E-state index contributed by atoms with van der Waals surface area (Å²) < 4.78 is 0. The summed E-state index contributed by atoms with van der Waals surface area (Å²) in [6.45, 7) is 5.32. The SMILES string of the molecule is Cc1cc(C(=O)N2CCN(c3cccc[nH+]3)CC2)cs1. The number of rotatable bonds is 2. The van der Waals surface area contributed by atoms with Gasteiger partial charge in [-0.05, 0) is 19.1 Å². The number of aryl methyl sites for hydroxylation is 1. The predicted octanol–water partition coefficient (Wildman–Crippen LogP) is 1.83. The monoisotopic (exact) mass is 288 g/mol. The Balaban J connectivity index is 1.63. The van der Waals surface area contributed by atoms with Crippen molar-refractivity contribution < 1.29 is 9.78 Å². The first kappa shape index (κ1) is 13.1. The second-order valence-electron chi connectivity index (χ2n) is 4.97. The molecule has 0 atom stereocenters. The molecule has 0 bridgehead atoms. The number of nitrogens with one attached hydrogen (secondary N) is 1. The molecule has 0 aliphatic carbocycles. The molecule has 1 N–H and O–H groups in total. The minimum atomic E-state index is 0.158. The summed E-state index contributed by atoms with van der Waals surface area (Å²) in [6, 6.07) is 8.05. The Bertz CT molecular complexity index is 588. The fourth-order valence-electron chi connectivity index (χ4n) is 2.47. The van der Waals surface area contributed by atoms with Crippen LogP contribution in [0.2, 0.25) is 0 Å². The minimum Gasteiger partial charge on any atom is -0.331 e. The van der Waals surface area contributed by atoms with Crippen LogP contribution in [0.15, 0.2) is 35.8 Å². The maximum absolute atomic E-state index is 12.4. The zero-order valence-corrected chi connectivity index (χ0v) is 12.3. The molecule has 0 spiro atoms. The van der Waals surface area contributed by atoms with Gasteiger partial charge in [-0.25, -0.2) is 4.98 Å². The third kappa shape index (κ3) is 2.67. The van der Waals surface area contributed by atoms with E-state index < -0.39 is 0 Å². The van der Waals surface area contributed by atoms with Crippen molar-refractivity contribution in [3.63, 3.8) is 0 Å².